The van der Waals surface area contributed by atoms with Crippen molar-refractivity contribution in [3.63, 3.8) is 0 Å². The Bertz CT molecular complexity index is 1210. The van der Waals surface area contributed by atoms with Crippen molar-refractivity contribution in [2.45, 2.75) is 24.6 Å². The van der Waals surface area contributed by atoms with Crippen molar-refractivity contribution < 1.29 is 36.9 Å². The number of aromatic nitrogens is 4. The third-order valence-electron chi connectivity index (χ3n) is 5.21. The monoisotopic (exact) mass is 501 g/mol. The van der Waals surface area contributed by atoms with Crippen LogP contribution in [0.5, 0.6) is 5.75 Å². The van der Waals surface area contributed by atoms with E-state index in [1.165, 1.54) is 19.2 Å². The molecular formula is C20H16ClF4N5O4. The predicted octanol–water partition coefficient (Wildman–Crippen LogP) is 2.98. The fourth-order valence-corrected chi connectivity index (χ4v) is 3.79. The van der Waals surface area contributed by atoms with Gasteiger partial charge >= 0.3 is 6.18 Å². The summed E-state index contributed by atoms with van der Waals surface area (Å²) >= 11 is 6.01. The number of anilines is 1. The van der Waals surface area contributed by atoms with E-state index in [0.29, 0.717) is 17.0 Å². The number of halogens is 5. The Balaban J connectivity index is 1.75. The molecule has 0 spiro atoms. The normalized spacial score (nSPS) is 18.8. The van der Waals surface area contributed by atoms with Crippen LogP contribution in [0.2, 0.25) is 5.02 Å². The van der Waals surface area contributed by atoms with E-state index in [2.05, 4.69) is 20.6 Å². The molecule has 2 heterocycles. The summed E-state index contributed by atoms with van der Waals surface area (Å²) in [6.45, 7) is -0.759. The van der Waals surface area contributed by atoms with E-state index >= 15 is 4.39 Å². The quantitative estimate of drug-likeness (QED) is 0.378. The van der Waals surface area contributed by atoms with Crippen LogP contribution < -0.4 is 9.64 Å². The maximum Gasteiger partial charge on any atom is 0.416 e. The van der Waals surface area contributed by atoms with Crippen LogP contribution in [0.4, 0.5) is 23.2 Å². The molecule has 1 aliphatic rings. The molecule has 14 heteroatoms. The van der Waals surface area contributed by atoms with Crippen molar-refractivity contribution >= 4 is 23.2 Å². The van der Waals surface area contributed by atoms with Gasteiger partial charge in [-0.1, -0.05) is 17.7 Å². The van der Waals surface area contributed by atoms with E-state index in [4.69, 9.17) is 21.1 Å². The summed E-state index contributed by atoms with van der Waals surface area (Å²) < 4.78 is 67.1. The number of hydrogen-bond acceptors (Lipinski definition) is 7. The van der Waals surface area contributed by atoms with Gasteiger partial charge in [0, 0.05) is 16.1 Å². The summed E-state index contributed by atoms with van der Waals surface area (Å²) in [5.41, 5.74) is -5.05. The highest BCUT2D eigenvalue weighted by Crippen LogP contribution is 2.51. The van der Waals surface area contributed by atoms with Crippen LogP contribution >= 0.6 is 11.6 Å². The zero-order valence-corrected chi connectivity index (χ0v) is 18.1. The molecule has 0 radical (unpaired) electrons. The lowest BCUT2D eigenvalue weighted by Crippen LogP contribution is -2.40. The molecule has 4 rings (SSSR count). The van der Waals surface area contributed by atoms with Crippen molar-refractivity contribution in [3.05, 3.63) is 63.9 Å². The smallest absolute Gasteiger partial charge is 0.416 e. The molecule has 2 N–H and O–H groups in total. The molecule has 3 aromatic rings. The zero-order chi connectivity index (χ0) is 24.7. The van der Waals surface area contributed by atoms with Gasteiger partial charge in [-0.15, -0.1) is 5.10 Å². The summed E-state index contributed by atoms with van der Waals surface area (Å²) in [7, 11) is 1.25. The zero-order valence-electron chi connectivity index (χ0n) is 17.3. The van der Waals surface area contributed by atoms with Crippen molar-refractivity contribution in [2.75, 3.05) is 18.7 Å². The number of nitrogens with zero attached hydrogens (tertiary/aromatic N) is 4. The van der Waals surface area contributed by atoms with Gasteiger partial charge in [0.05, 0.1) is 24.8 Å². The molecule has 1 amide bonds. The van der Waals surface area contributed by atoms with Gasteiger partial charge in [-0.05, 0) is 40.8 Å². The Kier molecular flexibility index (Phi) is 6.18. The second kappa shape index (κ2) is 8.81. The van der Waals surface area contributed by atoms with Gasteiger partial charge in [0.2, 0.25) is 5.67 Å². The van der Waals surface area contributed by atoms with E-state index in [9.17, 15) is 23.1 Å². The van der Waals surface area contributed by atoms with Crippen LogP contribution in [0.15, 0.2) is 36.4 Å². The number of nitrogens with one attached hydrogen (secondary N) is 1. The Morgan fingerprint density at radius 1 is 1.24 bits per heavy atom. The van der Waals surface area contributed by atoms with E-state index in [-0.39, 0.29) is 39.8 Å². The molecule has 0 bridgehead atoms. The standard InChI is InChI=1S/C20H16ClF4N5O4/c1-33-15-5-3-11(21)7-13(15)19(22)12-4-2-10(20(23,24)25)6-14(12)30(18(19)32)9-34-17(31)8-16-26-28-29-27-16/h2-7,17,31H,8-9H2,1H3,(H,26,27,28,29). The largest absolute Gasteiger partial charge is 0.496 e. The van der Waals surface area contributed by atoms with Crippen molar-refractivity contribution in [2.24, 2.45) is 0 Å². The van der Waals surface area contributed by atoms with Gasteiger partial charge in [0.15, 0.2) is 12.1 Å². The molecule has 2 atom stereocenters. The molecule has 1 aliphatic heterocycles. The number of aliphatic hydroxyl groups is 1. The van der Waals surface area contributed by atoms with Crippen LogP contribution in [0.3, 0.4) is 0 Å². The van der Waals surface area contributed by atoms with Gasteiger partial charge in [0.1, 0.15) is 12.5 Å². The number of aliphatic hydroxyl groups excluding tert-OH is 1. The van der Waals surface area contributed by atoms with Gasteiger partial charge in [-0.3, -0.25) is 9.69 Å². The van der Waals surface area contributed by atoms with Crippen LogP contribution in [0, 0.1) is 0 Å². The number of carbonyl (C=O) groups is 1. The number of tetrazole rings is 1. The second-order valence-corrected chi connectivity index (χ2v) is 7.70. The fourth-order valence-electron chi connectivity index (χ4n) is 3.62. The highest BCUT2D eigenvalue weighted by atomic mass is 35.5. The summed E-state index contributed by atoms with van der Waals surface area (Å²) in [6.07, 6.45) is -6.52. The Morgan fingerprint density at radius 2 is 2.00 bits per heavy atom. The highest BCUT2D eigenvalue weighted by Gasteiger charge is 2.55. The minimum absolute atomic E-state index is 0.0354. The number of fused-ring (bicyclic) bond motifs is 1. The molecule has 9 nitrogen and oxygen atoms in total. The first-order chi connectivity index (χ1) is 16.1. The summed E-state index contributed by atoms with van der Waals surface area (Å²) in [6, 6.07) is 6.11. The maximum atomic E-state index is 16.6. The number of benzene rings is 2. The first kappa shape index (κ1) is 23.9. The number of hydrogen-bond donors (Lipinski definition) is 2. The average molecular weight is 502 g/mol. The molecule has 2 unspecified atom stereocenters. The lowest BCUT2D eigenvalue weighted by atomic mass is 9.88. The molecule has 0 saturated carbocycles. The topological polar surface area (TPSA) is 113 Å². The Morgan fingerprint density at radius 3 is 2.65 bits per heavy atom. The molecule has 0 fully saturated rings. The van der Waals surface area contributed by atoms with Crippen LogP contribution in [0.1, 0.15) is 22.5 Å². The number of methoxy groups -OCH3 is 1. The molecule has 1 aromatic heterocycles. The average Bonchev–Trinajstić information content (AvgIpc) is 3.37. The van der Waals surface area contributed by atoms with E-state index in [1.54, 1.807) is 0 Å². The molecular weight excluding hydrogens is 486 g/mol. The van der Waals surface area contributed by atoms with Crippen LogP contribution in [0.25, 0.3) is 0 Å². The van der Waals surface area contributed by atoms with Crippen molar-refractivity contribution in [1.82, 2.24) is 20.6 Å². The first-order valence-corrected chi connectivity index (χ1v) is 10.0. The fraction of sp³-hybridized carbons (Fsp3) is 0.300. The van der Waals surface area contributed by atoms with E-state index in [1.807, 2.05) is 0 Å². The molecule has 34 heavy (non-hydrogen) atoms. The van der Waals surface area contributed by atoms with Gasteiger partial charge in [0.25, 0.3) is 5.91 Å². The molecule has 180 valence electrons. The number of ether oxygens (including phenoxy) is 2. The number of H-pyrrole nitrogens is 1. The van der Waals surface area contributed by atoms with Crippen LogP contribution in [-0.2, 0) is 27.8 Å². The number of rotatable bonds is 7. The summed E-state index contributed by atoms with van der Waals surface area (Å²) in [5.74, 6) is -1.12. The second-order valence-electron chi connectivity index (χ2n) is 7.27. The van der Waals surface area contributed by atoms with Gasteiger partial charge in [-0.2, -0.15) is 13.2 Å². The third kappa shape index (κ3) is 4.17. The number of alkyl halides is 4. The summed E-state index contributed by atoms with van der Waals surface area (Å²) in [5, 5.41) is 22.8. The van der Waals surface area contributed by atoms with Crippen molar-refractivity contribution in [3.8, 4) is 5.75 Å². The predicted molar refractivity (Wildman–Crippen MR) is 109 cm³/mol. The lowest BCUT2D eigenvalue weighted by Gasteiger charge is -2.24. The number of aromatic amines is 1. The Hall–Kier alpha value is -3.29. The number of amides is 1. The van der Waals surface area contributed by atoms with Gasteiger partial charge in [-0.25, -0.2) is 9.49 Å². The Labute approximate surface area is 194 Å². The maximum absolute atomic E-state index is 16.6. The van der Waals surface area contributed by atoms with Gasteiger partial charge < -0.3 is 14.6 Å². The third-order valence-corrected chi connectivity index (χ3v) is 5.45. The van der Waals surface area contributed by atoms with E-state index in [0.717, 1.165) is 12.1 Å². The van der Waals surface area contributed by atoms with Crippen LogP contribution in [-0.4, -0.2) is 51.8 Å². The minimum atomic E-state index is -4.75. The SMILES string of the molecule is COc1ccc(Cl)cc1C1(F)C(=O)N(COC(O)Cc2nnn[nH]2)c2cc(C(F)(F)F)ccc21. The molecule has 2 aromatic carbocycles. The first-order valence-electron chi connectivity index (χ1n) is 9.64. The van der Waals surface area contributed by atoms with E-state index < -0.39 is 36.3 Å². The molecule has 0 aliphatic carbocycles. The minimum Gasteiger partial charge on any atom is -0.496 e. The summed E-state index contributed by atoms with van der Waals surface area (Å²) in [4.78, 5) is 14.0. The molecule has 0 saturated heterocycles. The van der Waals surface area contributed by atoms with Crippen molar-refractivity contribution in [1.29, 1.82) is 0 Å². The lowest BCUT2D eigenvalue weighted by molar-refractivity contribution is -0.137. The number of carbonyl (C=O) groups excluding carboxylic acids is 1. The highest BCUT2D eigenvalue weighted by molar-refractivity contribution is 6.30.